The van der Waals surface area contributed by atoms with Crippen LogP contribution in [0.4, 0.5) is 11.4 Å². The third-order valence-corrected chi connectivity index (χ3v) is 2.18. The summed E-state index contributed by atoms with van der Waals surface area (Å²) >= 11 is 0. The van der Waals surface area contributed by atoms with Crippen molar-refractivity contribution in [3.63, 3.8) is 0 Å². The lowest BCUT2D eigenvalue weighted by molar-refractivity contribution is -0.137. The highest BCUT2D eigenvalue weighted by molar-refractivity contribution is 5.94. The molecule has 6 N–H and O–H groups in total. The van der Waals surface area contributed by atoms with Crippen molar-refractivity contribution in [2.75, 3.05) is 11.1 Å². The second kappa shape index (κ2) is 5.86. The smallest absolute Gasteiger partial charge is 0.303 e. The van der Waals surface area contributed by atoms with Crippen molar-refractivity contribution in [2.24, 2.45) is 5.73 Å². The van der Waals surface area contributed by atoms with Crippen molar-refractivity contribution in [3.8, 4) is 0 Å². The van der Waals surface area contributed by atoms with Gasteiger partial charge in [-0.25, -0.2) is 0 Å². The number of hydrogen-bond donors (Lipinski definition) is 4. The maximum atomic E-state index is 11.5. The van der Waals surface area contributed by atoms with Gasteiger partial charge in [0.25, 0.3) is 0 Å². The Morgan fingerprint density at radius 1 is 1.29 bits per heavy atom. The van der Waals surface area contributed by atoms with Gasteiger partial charge in [-0.05, 0) is 30.7 Å². The molecule has 1 aromatic carbocycles. The lowest BCUT2D eigenvalue weighted by Crippen LogP contribution is -2.36. The highest BCUT2D eigenvalue weighted by Crippen LogP contribution is 2.11. The molecular formula is C11H15N3O3. The van der Waals surface area contributed by atoms with Gasteiger partial charge in [-0.15, -0.1) is 0 Å². The second-order valence-electron chi connectivity index (χ2n) is 3.65. The minimum Gasteiger partial charge on any atom is -0.481 e. The summed E-state index contributed by atoms with van der Waals surface area (Å²) in [5.41, 5.74) is 12.2. The van der Waals surface area contributed by atoms with Crippen LogP contribution in [0.1, 0.15) is 12.8 Å². The van der Waals surface area contributed by atoms with Gasteiger partial charge in [-0.3, -0.25) is 9.59 Å². The number of carbonyl (C=O) groups excluding carboxylic acids is 1. The summed E-state index contributed by atoms with van der Waals surface area (Å²) in [5.74, 6) is -1.38. The number of nitrogens with two attached hydrogens (primary N) is 2. The Morgan fingerprint density at radius 2 is 1.88 bits per heavy atom. The van der Waals surface area contributed by atoms with Crippen LogP contribution in [0.5, 0.6) is 0 Å². The molecule has 0 spiro atoms. The maximum absolute atomic E-state index is 11.5. The topological polar surface area (TPSA) is 118 Å². The van der Waals surface area contributed by atoms with Gasteiger partial charge in [0.05, 0.1) is 6.04 Å². The molecule has 0 aliphatic carbocycles. The van der Waals surface area contributed by atoms with Gasteiger partial charge >= 0.3 is 5.97 Å². The highest BCUT2D eigenvalue weighted by atomic mass is 16.4. The van der Waals surface area contributed by atoms with Crippen molar-refractivity contribution in [1.29, 1.82) is 0 Å². The van der Waals surface area contributed by atoms with Gasteiger partial charge in [-0.2, -0.15) is 0 Å². The zero-order chi connectivity index (χ0) is 12.8. The number of benzene rings is 1. The number of amides is 1. The predicted molar refractivity (Wildman–Crippen MR) is 64.3 cm³/mol. The van der Waals surface area contributed by atoms with Gasteiger partial charge in [-0.1, -0.05) is 0 Å². The molecule has 0 bridgehead atoms. The summed E-state index contributed by atoms with van der Waals surface area (Å²) in [6.07, 6.45) is -0.0214. The summed E-state index contributed by atoms with van der Waals surface area (Å²) in [6, 6.07) is 5.77. The number of hydrogen-bond acceptors (Lipinski definition) is 4. The van der Waals surface area contributed by atoms with Crippen LogP contribution in [-0.4, -0.2) is 23.0 Å². The van der Waals surface area contributed by atoms with E-state index in [1.54, 1.807) is 24.3 Å². The van der Waals surface area contributed by atoms with Crippen molar-refractivity contribution in [2.45, 2.75) is 18.9 Å². The van der Waals surface area contributed by atoms with E-state index in [0.29, 0.717) is 11.4 Å². The molecule has 0 heterocycles. The Morgan fingerprint density at radius 3 is 2.41 bits per heavy atom. The molecule has 17 heavy (non-hydrogen) atoms. The van der Waals surface area contributed by atoms with Gasteiger partial charge in [0.2, 0.25) is 5.91 Å². The van der Waals surface area contributed by atoms with Crippen molar-refractivity contribution in [3.05, 3.63) is 24.3 Å². The fourth-order valence-corrected chi connectivity index (χ4v) is 1.21. The Kier molecular flexibility index (Phi) is 4.47. The van der Waals surface area contributed by atoms with E-state index in [9.17, 15) is 9.59 Å². The van der Waals surface area contributed by atoms with Crippen LogP contribution in [0, 0.1) is 0 Å². The zero-order valence-corrected chi connectivity index (χ0v) is 9.22. The fraction of sp³-hybridized carbons (Fsp3) is 0.273. The number of nitrogen functional groups attached to an aromatic ring is 1. The van der Waals surface area contributed by atoms with Crippen molar-refractivity contribution >= 4 is 23.3 Å². The first kappa shape index (κ1) is 13.0. The van der Waals surface area contributed by atoms with E-state index in [4.69, 9.17) is 16.6 Å². The van der Waals surface area contributed by atoms with E-state index in [2.05, 4.69) is 5.32 Å². The molecular weight excluding hydrogens is 222 g/mol. The molecule has 0 saturated heterocycles. The van der Waals surface area contributed by atoms with Crippen LogP contribution >= 0.6 is 0 Å². The monoisotopic (exact) mass is 237 g/mol. The van der Waals surface area contributed by atoms with Crippen LogP contribution in [0.2, 0.25) is 0 Å². The number of carboxylic acids is 1. The standard InChI is InChI=1S/C11H15N3O3/c12-7-1-3-8(4-2-7)14-11(17)9(13)5-6-10(15)16/h1-4,9H,5-6,12-13H2,(H,14,17)(H,15,16)/t9-/m0/s1. The number of aliphatic carboxylic acids is 1. The Labute approximate surface area is 98.6 Å². The highest BCUT2D eigenvalue weighted by Gasteiger charge is 2.14. The first-order chi connectivity index (χ1) is 7.99. The lowest BCUT2D eigenvalue weighted by atomic mass is 10.1. The number of rotatable bonds is 5. The van der Waals surface area contributed by atoms with E-state index in [1.807, 2.05) is 0 Å². The largest absolute Gasteiger partial charge is 0.481 e. The van der Waals surface area contributed by atoms with Crippen LogP contribution in [0.25, 0.3) is 0 Å². The molecule has 0 aliphatic rings. The summed E-state index contributed by atoms with van der Waals surface area (Å²) in [4.78, 5) is 21.9. The van der Waals surface area contributed by atoms with Crippen molar-refractivity contribution in [1.82, 2.24) is 0 Å². The molecule has 0 fully saturated rings. The van der Waals surface area contributed by atoms with Crippen LogP contribution in [-0.2, 0) is 9.59 Å². The predicted octanol–water partition coefficient (Wildman–Crippen LogP) is 0.399. The number of carbonyl (C=O) groups is 2. The first-order valence-electron chi connectivity index (χ1n) is 5.13. The fourth-order valence-electron chi connectivity index (χ4n) is 1.21. The SMILES string of the molecule is Nc1ccc(NC(=O)[C@@H](N)CCC(=O)O)cc1. The Bertz CT molecular complexity index is 403. The average molecular weight is 237 g/mol. The summed E-state index contributed by atoms with van der Waals surface area (Å²) in [5, 5.41) is 11.0. The van der Waals surface area contributed by atoms with Gasteiger partial charge in [0.15, 0.2) is 0 Å². The average Bonchev–Trinajstić information content (AvgIpc) is 2.28. The quantitative estimate of drug-likeness (QED) is 0.553. The number of nitrogens with one attached hydrogen (secondary N) is 1. The molecule has 0 aromatic heterocycles. The Balaban J connectivity index is 2.48. The van der Waals surface area contributed by atoms with E-state index >= 15 is 0 Å². The summed E-state index contributed by atoms with van der Waals surface area (Å²) < 4.78 is 0. The Hall–Kier alpha value is -2.08. The van der Waals surface area contributed by atoms with E-state index in [-0.39, 0.29) is 12.8 Å². The molecule has 0 radical (unpaired) electrons. The van der Waals surface area contributed by atoms with E-state index in [0.717, 1.165) is 0 Å². The molecule has 0 aliphatic heterocycles. The van der Waals surface area contributed by atoms with Gasteiger partial charge in [0, 0.05) is 17.8 Å². The van der Waals surface area contributed by atoms with Crippen LogP contribution < -0.4 is 16.8 Å². The minimum absolute atomic E-state index is 0.107. The third kappa shape index (κ3) is 4.52. The molecule has 1 aromatic rings. The lowest BCUT2D eigenvalue weighted by Gasteiger charge is -2.11. The normalized spacial score (nSPS) is 11.8. The van der Waals surface area contributed by atoms with Crippen LogP contribution in [0.15, 0.2) is 24.3 Å². The van der Waals surface area contributed by atoms with Gasteiger partial charge in [0.1, 0.15) is 0 Å². The number of anilines is 2. The molecule has 92 valence electrons. The maximum Gasteiger partial charge on any atom is 0.303 e. The second-order valence-corrected chi connectivity index (χ2v) is 3.65. The summed E-state index contributed by atoms with van der Waals surface area (Å²) in [7, 11) is 0. The molecule has 0 unspecified atom stereocenters. The molecule has 1 rings (SSSR count). The molecule has 0 saturated carbocycles. The number of carboxylic acid groups (broad SMARTS) is 1. The minimum atomic E-state index is -0.972. The van der Waals surface area contributed by atoms with Crippen molar-refractivity contribution < 1.29 is 14.7 Å². The van der Waals surface area contributed by atoms with E-state index in [1.165, 1.54) is 0 Å². The zero-order valence-electron chi connectivity index (χ0n) is 9.22. The summed E-state index contributed by atoms with van der Waals surface area (Å²) in [6.45, 7) is 0. The molecule has 1 amide bonds. The van der Waals surface area contributed by atoms with E-state index < -0.39 is 17.9 Å². The molecule has 1 atom stereocenters. The third-order valence-electron chi connectivity index (χ3n) is 2.18. The molecule has 6 nitrogen and oxygen atoms in total. The van der Waals surface area contributed by atoms with Gasteiger partial charge < -0.3 is 21.9 Å². The molecule has 6 heteroatoms. The van der Waals surface area contributed by atoms with Crippen LogP contribution in [0.3, 0.4) is 0 Å². The first-order valence-corrected chi connectivity index (χ1v) is 5.13.